The number of ether oxygens (including phenoxy) is 2. The molecule has 0 atom stereocenters. The molecule has 1 N–H and O–H groups in total. The van der Waals surface area contributed by atoms with Crippen molar-refractivity contribution in [1.29, 1.82) is 0 Å². The van der Waals surface area contributed by atoms with E-state index in [0.717, 1.165) is 5.56 Å². The minimum absolute atomic E-state index is 0.111. The van der Waals surface area contributed by atoms with Crippen LogP contribution in [0, 0.1) is 6.92 Å². The van der Waals surface area contributed by atoms with Crippen LogP contribution >= 0.6 is 11.8 Å². The van der Waals surface area contributed by atoms with E-state index in [-0.39, 0.29) is 11.7 Å². The number of nitrogens with zero attached hydrogens (tertiary/aromatic N) is 2. The first-order valence-electron chi connectivity index (χ1n) is 8.84. The van der Waals surface area contributed by atoms with Gasteiger partial charge in [-0.3, -0.25) is 4.79 Å². The Hall–Kier alpha value is -3.00. The monoisotopic (exact) mass is 397 g/mol. The zero-order chi connectivity index (χ0) is 19.3. The number of rotatable bonds is 6. The highest BCUT2D eigenvalue weighted by Gasteiger charge is 2.13. The summed E-state index contributed by atoms with van der Waals surface area (Å²) in [5, 5.41) is 6.85. The molecule has 1 aliphatic rings. The van der Waals surface area contributed by atoms with Gasteiger partial charge in [-0.25, -0.2) is 0 Å². The number of hydrogen-bond acceptors (Lipinski definition) is 7. The van der Waals surface area contributed by atoms with Gasteiger partial charge in [0.1, 0.15) is 13.2 Å². The number of aromatic nitrogens is 2. The number of anilines is 1. The predicted octanol–water partition coefficient (Wildman–Crippen LogP) is 3.69. The van der Waals surface area contributed by atoms with E-state index in [9.17, 15) is 4.79 Å². The molecular weight excluding hydrogens is 378 g/mol. The third-order valence-corrected chi connectivity index (χ3v) is 4.98. The fourth-order valence-corrected chi connectivity index (χ4v) is 3.33. The van der Waals surface area contributed by atoms with Crippen molar-refractivity contribution in [2.24, 2.45) is 0 Å². The summed E-state index contributed by atoms with van der Waals surface area (Å²) in [5.41, 5.74) is 2.75. The zero-order valence-corrected chi connectivity index (χ0v) is 16.1. The molecule has 8 heteroatoms. The van der Waals surface area contributed by atoms with Gasteiger partial charge in [0, 0.05) is 17.3 Å². The van der Waals surface area contributed by atoms with Crippen molar-refractivity contribution < 1.29 is 18.8 Å². The van der Waals surface area contributed by atoms with Crippen molar-refractivity contribution in [2.75, 3.05) is 24.3 Å². The quantitative estimate of drug-likeness (QED) is 0.679. The van der Waals surface area contributed by atoms with Gasteiger partial charge in [0.05, 0.1) is 11.5 Å². The van der Waals surface area contributed by atoms with Crippen LogP contribution in [0.1, 0.15) is 11.5 Å². The van der Waals surface area contributed by atoms with Gasteiger partial charge in [-0.05, 0) is 19.1 Å². The Morgan fingerprint density at radius 2 is 1.89 bits per heavy atom. The molecule has 2 heterocycles. The van der Waals surface area contributed by atoms with Crippen LogP contribution in [0.25, 0.3) is 11.4 Å². The molecule has 7 nitrogen and oxygen atoms in total. The van der Waals surface area contributed by atoms with Crippen molar-refractivity contribution in [3.05, 3.63) is 53.9 Å². The lowest BCUT2D eigenvalue weighted by atomic mass is 10.1. The molecule has 0 saturated heterocycles. The van der Waals surface area contributed by atoms with E-state index in [1.165, 1.54) is 17.3 Å². The first-order chi connectivity index (χ1) is 13.7. The van der Waals surface area contributed by atoms with E-state index in [0.29, 0.717) is 47.9 Å². The molecule has 2 aromatic carbocycles. The number of nitrogens with one attached hydrogen (secondary N) is 1. The maximum Gasteiger partial charge on any atom is 0.236 e. The van der Waals surface area contributed by atoms with Gasteiger partial charge < -0.3 is 19.3 Å². The molecule has 1 amide bonds. The van der Waals surface area contributed by atoms with E-state index in [1.807, 2.05) is 31.2 Å². The predicted molar refractivity (Wildman–Crippen MR) is 107 cm³/mol. The number of fused-ring (bicyclic) bond motifs is 1. The third-order valence-electron chi connectivity index (χ3n) is 4.06. The first kappa shape index (κ1) is 18.4. The van der Waals surface area contributed by atoms with Gasteiger partial charge in [-0.15, -0.1) is 11.8 Å². The number of thioether (sulfide) groups is 1. The summed E-state index contributed by atoms with van der Waals surface area (Å²) in [6, 6.07) is 13.3. The SMILES string of the molecule is Cc1ccc(-c2noc(CSCC(=O)Nc3ccc4c(c3)OCCO4)n2)cc1. The van der Waals surface area contributed by atoms with Crippen molar-refractivity contribution in [1.82, 2.24) is 10.1 Å². The van der Waals surface area contributed by atoms with Gasteiger partial charge in [-0.1, -0.05) is 35.0 Å². The van der Waals surface area contributed by atoms with Crippen LogP contribution in [-0.4, -0.2) is 35.0 Å². The Labute approximate surface area is 166 Å². The average Bonchev–Trinajstić information content (AvgIpc) is 3.17. The highest BCUT2D eigenvalue weighted by atomic mass is 32.2. The van der Waals surface area contributed by atoms with E-state index in [1.54, 1.807) is 18.2 Å². The Kier molecular flexibility index (Phi) is 5.48. The largest absolute Gasteiger partial charge is 0.486 e. The van der Waals surface area contributed by atoms with Gasteiger partial charge in [0.15, 0.2) is 11.5 Å². The molecule has 1 aliphatic heterocycles. The number of amides is 1. The molecule has 0 aliphatic carbocycles. The van der Waals surface area contributed by atoms with Crippen LogP contribution in [0.2, 0.25) is 0 Å². The minimum Gasteiger partial charge on any atom is -0.486 e. The molecule has 0 spiro atoms. The highest BCUT2D eigenvalue weighted by molar-refractivity contribution is 7.99. The molecule has 0 bridgehead atoms. The fraction of sp³-hybridized carbons (Fsp3) is 0.250. The second-order valence-electron chi connectivity index (χ2n) is 6.28. The van der Waals surface area contributed by atoms with Crippen LogP contribution in [0.15, 0.2) is 47.0 Å². The molecule has 1 aromatic heterocycles. The number of hydrogen-bond donors (Lipinski definition) is 1. The van der Waals surface area contributed by atoms with Gasteiger partial charge in [-0.2, -0.15) is 4.98 Å². The number of benzene rings is 2. The second kappa shape index (κ2) is 8.35. The van der Waals surface area contributed by atoms with Crippen molar-refractivity contribution >= 4 is 23.4 Å². The fourth-order valence-electron chi connectivity index (χ4n) is 2.68. The van der Waals surface area contributed by atoms with Crippen LogP contribution in [-0.2, 0) is 10.5 Å². The Balaban J connectivity index is 1.27. The molecule has 0 saturated carbocycles. The summed E-state index contributed by atoms with van der Waals surface area (Å²) < 4.78 is 16.3. The summed E-state index contributed by atoms with van der Waals surface area (Å²) in [6.07, 6.45) is 0. The molecule has 0 fully saturated rings. The van der Waals surface area contributed by atoms with E-state index in [4.69, 9.17) is 14.0 Å². The highest BCUT2D eigenvalue weighted by Crippen LogP contribution is 2.32. The maximum absolute atomic E-state index is 12.2. The summed E-state index contributed by atoms with van der Waals surface area (Å²) in [7, 11) is 0. The lowest BCUT2D eigenvalue weighted by Crippen LogP contribution is -2.17. The van der Waals surface area contributed by atoms with Crippen molar-refractivity contribution in [2.45, 2.75) is 12.7 Å². The minimum atomic E-state index is -0.111. The maximum atomic E-state index is 12.2. The van der Waals surface area contributed by atoms with Gasteiger partial charge in [0.2, 0.25) is 17.6 Å². The van der Waals surface area contributed by atoms with E-state index < -0.39 is 0 Å². The Morgan fingerprint density at radius 3 is 2.71 bits per heavy atom. The summed E-state index contributed by atoms with van der Waals surface area (Å²) in [4.78, 5) is 16.5. The van der Waals surface area contributed by atoms with Gasteiger partial charge >= 0.3 is 0 Å². The molecule has 28 heavy (non-hydrogen) atoms. The van der Waals surface area contributed by atoms with Crippen molar-refractivity contribution in [3.63, 3.8) is 0 Å². The molecule has 3 aromatic rings. The molecule has 144 valence electrons. The number of aryl methyl sites for hydroxylation is 1. The Morgan fingerprint density at radius 1 is 1.11 bits per heavy atom. The lowest BCUT2D eigenvalue weighted by molar-refractivity contribution is -0.113. The Bertz CT molecular complexity index is 972. The molecule has 0 unspecified atom stereocenters. The smallest absolute Gasteiger partial charge is 0.236 e. The van der Waals surface area contributed by atoms with Crippen molar-refractivity contribution in [3.8, 4) is 22.9 Å². The molecule has 4 rings (SSSR count). The van der Waals surface area contributed by atoms with Crippen LogP contribution in [0.3, 0.4) is 0 Å². The molecular formula is C20H19N3O4S. The standard InChI is InChI=1S/C20H19N3O4S/c1-13-2-4-14(5-3-13)20-22-19(27-23-20)12-28-11-18(24)21-15-6-7-16-17(10-15)26-9-8-25-16/h2-7,10H,8-9,11-12H2,1H3,(H,21,24). The summed E-state index contributed by atoms with van der Waals surface area (Å²) in [5.74, 6) is 3.01. The second-order valence-corrected chi connectivity index (χ2v) is 7.26. The van der Waals surface area contributed by atoms with Crippen LogP contribution in [0.5, 0.6) is 11.5 Å². The molecule has 0 radical (unpaired) electrons. The topological polar surface area (TPSA) is 86.5 Å². The zero-order valence-electron chi connectivity index (χ0n) is 15.3. The van der Waals surface area contributed by atoms with E-state index in [2.05, 4.69) is 15.5 Å². The summed E-state index contributed by atoms with van der Waals surface area (Å²) in [6.45, 7) is 3.07. The van der Waals surface area contributed by atoms with Crippen LogP contribution in [0.4, 0.5) is 5.69 Å². The van der Waals surface area contributed by atoms with Gasteiger partial charge in [0.25, 0.3) is 0 Å². The summed E-state index contributed by atoms with van der Waals surface area (Å²) >= 11 is 1.41. The average molecular weight is 397 g/mol. The normalized spacial score (nSPS) is 12.6. The van der Waals surface area contributed by atoms with Crippen LogP contribution < -0.4 is 14.8 Å². The number of carbonyl (C=O) groups is 1. The first-order valence-corrected chi connectivity index (χ1v) is 10.00. The third kappa shape index (κ3) is 4.45. The van der Waals surface area contributed by atoms with E-state index >= 15 is 0 Å². The lowest BCUT2D eigenvalue weighted by Gasteiger charge is -2.18. The number of carbonyl (C=O) groups excluding carboxylic acids is 1.